The van der Waals surface area contributed by atoms with Crippen LogP contribution in [-0.2, 0) is 29.1 Å². The van der Waals surface area contributed by atoms with Gasteiger partial charge in [0.25, 0.3) is 0 Å². The van der Waals surface area contributed by atoms with E-state index in [-0.39, 0.29) is 18.4 Å². The SMILES string of the molecule is CC(=O)N(Cc1ccc(Cl)cc1)C(Cc1ccccc1)C(=O)NCc1ccccc1Cl. The summed E-state index contributed by atoms with van der Waals surface area (Å²) in [7, 11) is 0. The van der Waals surface area contributed by atoms with E-state index in [1.165, 1.54) is 6.92 Å². The molecule has 31 heavy (non-hydrogen) atoms. The summed E-state index contributed by atoms with van der Waals surface area (Å²) >= 11 is 12.2. The van der Waals surface area contributed by atoms with Crippen molar-refractivity contribution >= 4 is 35.0 Å². The maximum atomic E-state index is 13.3. The number of halogens is 2. The van der Waals surface area contributed by atoms with E-state index in [0.717, 1.165) is 16.7 Å². The summed E-state index contributed by atoms with van der Waals surface area (Å²) in [6.07, 6.45) is 0.405. The largest absolute Gasteiger partial charge is 0.350 e. The van der Waals surface area contributed by atoms with Gasteiger partial charge in [0.2, 0.25) is 11.8 Å². The Morgan fingerprint density at radius 3 is 2.16 bits per heavy atom. The fourth-order valence-corrected chi connectivity index (χ4v) is 3.68. The van der Waals surface area contributed by atoms with Crippen LogP contribution in [0.25, 0.3) is 0 Å². The molecule has 0 heterocycles. The lowest BCUT2D eigenvalue weighted by Gasteiger charge is -2.30. The Morgan fingerprint density at radius 2 is 1.52 bits per heavy atom. The van der Waals surface area contributed by atoms with Crippen LogP contribution >= 0.6 is 23.2 Å². The van der Waals surface area contributed by atoms with Crippen molar-refractivity contribution in [2.75, 3.05) is 0 Å². The summed E-state index contributed by atoms with van der Waals surface area (Å²) < 4.78 is 0. The van der Waals surface area contributed by atoms with E-state index >= 15 is 0 Å². The van der Waals surface area contributed by atoms with Crippen LogP contribution < -0.4 is 5.32 Å². The van der Waals surface area contributed by atoms with Gasteiger partial charge in [-0.05, 0) is 34.9 Å². The number of rotatable bonds is 8. The zero-order valence-corrected chi connectivity index (χ0v) is 18.7. The molecule has 3 rings (SSSR count). The topological polar surface area (TPSA) is 49.4 Å². The second kappa shape index (κ2) is 11.0. The highest BCUT2D eigenvalue weighted by molar-refractivity contribution is 6.31. The monoisotopic (exact) mass is 454 g/mol. The van der Waals surface area contributed by atoms with Gasteiger partial charge in [0.15, 0.2) is 0 Å². The van der Waals surface area contributed by atoms with Crippen molar-refractivity contribution in [3.8, 4) is 0 Å². The molecule has 1 atom stereocenters. The maximum absolute atomic E-state index is 13.3. The molecule has 0 aliphatic rings. The van der Waals surface area contributed by atoms with Crippen molar-refractivity contribution in [3.63, 3.8) is 0 Å². The molecule has 0 aromatic heterocycles. The first-order chi connectivity index (χ1) is 14.9. The Kier molecular flexibility index (Phi) is 8.10. The Balaban J connectivity index is 1.83. The Labute approximate surface area is 192 Å². The van der Waals surface area contributed by atoms with Gasteiger partial charge in [-0.1, -0.05) is 83.9 Å². The van der Waals surface area contributed by atoms with Crippen LogP contribution in [0.3, 0.4) is 0 Å². The van der Waals surface area contributed by atoms with Crippen LogP contribution in [0.1, 0.15) is 23.6 Å². The van der Waals surface area contributed by atoms with E-state index in [2.05, 4.69) is 5.32 Å². The van der Waals surface area contributed by atoms with Gasteiger partial charge in [0.05, 0.1) is 0 Å². The van der Waals surface area contributed by atoms with Gasteiger partial charge in [0, 0.05) is 36.5 Å². The lowest BCUT2D eigenvalue weighted by atomic mass is 10.0. The number of benzene rings is 3. The number of hydrogen-bond donors (Lipinski definition) is 1. The van der Waals surface area contributed by atoms with Crippen molar-refractivity contribution in [2.45, 2.75) is 32.5 Å². The molecule has 0 saturated heterocycles. The molecular weight excluding hydrogens is 431 g/mol. The molecule has 3 aromatic carbocycles. The summed E-state index contributed by atoms with van der Waals surface area (Å²) in [5, 5.41) is 4.16. The minimum atomic E-state index is -0.668. The zero-order valence-electron chi connectivity index (χ0n) is 17.2. The van der Waals surface area contributed by atoms with Gasteiger partial charge in [0.1, 0.15) is 6.04 Å². The van der Waals surface area contributed by atoms with E-state index in [9.17, 15) is 9.59 Å². The highest BCUT2D eigenvalue weighted by atomic mass is 35.5. The molecule has 160 valence electrons. The minimum absolute atomic E-state index is 0.177. The van der Waals surface area contributed by atoms with E-state index in [4.69, 9.17) is 23.2 Å². The molecule has 0 aliphatic heterocycles. The summed E-state index contributed by atoms with van der Waals surface area (Å²) in [4.78, 5) is 27.4. The molecule has 0 fully saturated rings. The molecule has 0 spiro atoms. The quantitative estimate of drug-likeness (QED) is 0.503. The average Bonchev–Trinajstić information content (AvgIpc) is 2.77. The van der Waals surface area contributed by atoms with Gasteiger partial charge in [-0.3, -0.25) is 9.59 Å². The van der Waals surface area contributed by atoms with Gasteiger partial charge < -0.3 is 10.2 Å². The molecular formula is C25H24Cl2N2O2. The normalized spacial score (nSPS) is 11.6. The third-order valence-electron chi connectivity index (χ3n) is 5.03. The first-order valence-electron chi connectivity index (χ1n) is 10.0. The van der Waals surface area contributed by atoms with Gasteiger partial charge in [-0.2, -0.15) is 0 Å². The van der Waals surface area contributed by atoms with Gasteiger partial charge in [-0.15, -0.1) is 0 Å². The van der Waals surface area contributed by atoms with Gasteiger partial charge in [-0.25, -0.2) is 0 Å². The minimum Gasteiger partial charge on any atom is -0.350 e. The summed E-state index contributed by atoms with van der Waals surface area (Å²) in [5.74, 6) is -0.406. The first kappa shape index (κ1) is 22.9. The third kappa shape index (κ3) is 6.58. The van der Waals surface area contributed by atoms with Crippen LogP contribution in [0.15, 0.2) is 78.9 Å². The van der Waals surface area contributed by atoms with Gasteiger partial charge >= 0.3 is 0 Å². The predicted molar refractivity (Wildman–Crippen MR) is 125 cm³/mol. The molecule has 1 N–H and O–H groups in total. The second-order valence-electron chi connectivity index (χ2n) is 7.29. The molecule has 2 amide bonds. The molecule has 0 saturated carbocycles. The Bertz CT molecular complexity index is 1020. The second-order valence-corrected chi connectivity index (χ2v) is 8.13. The van der Waals surface area contributed by atoms with E-state index in [1.807, 2.05) is 60.7 Å². The van der Waals surface area contributed by atoms with Crippen molar-refractivity contribution in [1.29, 1.82) is 0 Å². The number of nitrogens with zero attached hydrogens (tertiary/aromatic N) is 1. The number of carbonyl (C=O) groups excluding carboxylic acids is 2. The standard InChI is InChI=1S/C25H24Cl2N2O2/c1-18(30)29(17-20-11-13-22(26)14-12-20)24(15-19-7-3-2-4-8-19)25(31)28-16-21-9-5-6-10-23(21)27/h2-14,24H,15-17H2,1H3,(H,28,31). The summed E-state index contributed by atoms with van der Waals surface area (Å²) in [6.45, 7) is 2.08. The fraction of sp³-hybridized carbons (Fsp3) is 0.200. The number of nitrogens with one attached hydrogen (secondary N) is 1. The smallest absolute Gasteiger partial charge is 0.243 e. The van der Waals surface area contributed by atoms with Crippen LogP contribution in [0.4, 0.5) is 0 Å². The first-order valence-corrected chi connectivity index (χ1v) is 10.8. The van der Waals surface area contributed by atoms with E-state index in [1.54, 1.807) is 23.1 Å². The van der Waals surface area contributed by atoms with E-state index in [0.29, 0.717) is 23.0 Å². The van der Waals surface area contributed by atoms with Crippen molar-refractivity contribution in [2.24, 2.45) is 0 Å². The highest BCUT2D eigenvalue weighted by Gasteiger charge is 2.28. The molecule has 4 nitrogen and oxygen atoms in total. The zero-order chi connectivity index (χ0) is 22.2. The molecule has 3 aromatic rings. The molecule has 0 radical (unpaired) electrons. The number of amides is 2. The lowest BCUT2D eigenvalue weighted by molar-refractivity contribution is -0.139. The summed E-state index contributed by atoms with van der Waals surface area (Å²) in [5.41, 5.74) is 2.70. The van der Waals surface area contributed by atoms with Crippen LogP contribution in [0.2, 0.25) is 10.0 Å². The van der Waals surface area contributed by atoms with Crippen molar-refractivity contribution in [3.05, 3.63) is 106 Å². The van der Waals surface area contributed by atoms with Crippen molar-refractivity contribution < 1.29 is 9.59 Å². The van der Waals surface area contributed by atoms with Crippen LogP contribution in [0, 0.1) is 0 Å². The predicted octanol–water partition coefficient (Wildman–Crippen LogP) is 5.27. The number of carbonyl (C=O) groups is 2. The molecule has 1 unspecified atom stereocenters. The third-order valence-corrected chi connectivity index (χ3v) is 5.65. The summed E-state index contributed by atoms with van der Waals surface area (Å²) in [6, 6.07) is 23.6. The van der Waals surface area contributed by atoms with Crippen LogP contribution in [-0.4, -0.2) is 22.8 Å². The van der Waals surface area contributed by atoms with E-state index < -0.39 is 6.04 Å². The average molecular weight is 455 g/mol. The molecule has 6 heteroatoms. The van der Waals surface area contributed by atoms with Crippen LogP contribution in [0.5, 0.6) is 0 Å². The highest BCUT2D eigenvalue weighted by Crippen LogP contribution is 2.18. The lowest BCUT2D eigenvalue weighted by Crippen LogP contribution is -2.49. The fourth-order valence-electron chi connectivity index (χ4n) is 3.35. The Morgan fingerprint density at radius 1 is 0.871 bits per heavy atom. The Hall–Kier alpha value is -2.82. The van der Waals surface area contributed by atoms with Crippen molar-refractivity contribution in [1.82, 2.24) is 10.2 Å². The molecule has 0 bridgehead atoms. The number of hydrogen-bond acceptors (Lipinski definition) is 2. The molecule has 0 aliphatic carbocycles. The maximum Gasteiger partial charge on any atom is 0.243 e.